The summed E-state index contributed by atoms with van der Waals surface area (Å²) < 4.78 is 43.6. The second-order valence-corrected chi connectivity index (χ2v) is 6.26. The Morgan fingerprint density at radius 2 is 2.12 bits per heavy atom. The van der Waals surface area contributed by atoms with Gasteiger partial charge in [0.15, 0.2) is 5.67 Å². The standard InChI is InChI=1S/C16H16BrF3N4/c1-16(20,15-5-2-10(17)7-23-15)13(8-22-9-24-21)12-4-3-11(18)6-14(12)19/h2-7,9,13H,8,21H2,1H3,(H,22,24). The van der Waals surface area contributed by atoms with Gasteiger partial charge in [0.1, 0.15) is 18.0 Å². The van der Waals surface area contributed by atoms with Crippen molar-refractivity contribution in [2.45, 2.75) is 18.5 Å². The number of nitrogens with two attached hydrogens (primary N) is 1. The lowest BCUT2D eigenvalue weighted by Gasteiger charge is -2.31. The van der Waals surface area contributed by atoms with Gasteiger partial charge in [-0.1, -0.05) is 6.07 Å². The smallest absolute Gasteiger partial charge is 0.158 e. The van der Waals surface area contributed by atoms with Crippen LogP contribution in [0.4, 0.5) is 13.2 Å². The van der Waals surface area contributed by atoms with Crippen LogP contribution < -0.4 is 11.2 Å². The van der Waals surface area contributed by atoms with E-state index in [-0.39, 0.29) is 17.8 Å². The molecular formula is C16H16BrF3N4. The second kappa shape index (κ2) is 7.65. The molecule has 24 heavy (non-hydrogen) atoms. The number of nitrogens with zero attached hydrogens (tertiary/aromatic N) is 2. The number of nitrogens with one attached hydrogen (secondary N) is 1. The lowest BCUT2D eigenvalue weighted by atomic mass is 9.82. The zero-order valence-corrected chi connectivity index (χ0v) is 14.4. The fraction of sp³-hybridized carbons (Fsp3) is 0.250. The monoisotopic (exact) mass is 400 g/mol. The Bertz CT molecular complexity index is 720. The average molecular weight is 401 g/mol. The van der Waals surface area contributed by atoms with Crippen molar-refractivity contribution in [1.29, 1.82) is 0 Å². The molecule has 0 aliphatic heterocycles. The predicted molar refractivity (Wildman–Crippen MR) is 90.2 cm³/mol. The summed E-state index contributed by atoms with van der Waals surface area (Å²) in [6.45, 7) is 1.30. The summed E-state index contributed by atoms with van der Waals surface area (Å²) in [4.78, 5) is 4.07. The first-order valence-electron chi connectivity index (χ1n) is 7.07. The molecule has 0 radical (unpaired) electrons. The summed E-state index contributed by atoms with van der Waals surface area (Å²) in [7, 11) is 0. The van der Waals surface area contributed by atoms with Crippen LogP contribution in [0.1, 0.15) is 24.1 Å². The Hall–Kier alpha value is -2.09. The van der Waals surface area contributed by atoms with Crippen LogP contribution >= 0.6 is 15.9 Å². The zero-order chi connectivity index (χ0) is 17.7. The van der Waals surface area contributed by atoms with Gasteiger partial charge in [-0.25, -0.2) is 13.2 Å². The summed E-state index contributed by atoms with van der Waals surface area (Å²) in [5.41, 5.74) is -1.86. The number of hydrogen-bond acceptors (Lipinski definition) is 3. The maximum Gasteiger partial charge on any atom is 0.158 e. The summed E-state index contributed by atoms with van der Waals surface area (Å²) in [6.07, 6.45) is 2.64. The fourth-order valence-electron chi connectivity index (χ4n) is 2.44. The highest BCUT2D eigenvalue weighted by Crippen LogP contribution is 2.40. The molecule has 2 rings (SSSR count). The number of hydrazone groups is 1. The van der Waals surface area contributed by atoms with Crippen LogP contribution in [0, 0.1) is 11.6 Å². The van der Waals surface area contributed by atoms with Crippen molar-refractivity contribution in [1.82, 2.24) is 10.3 Å². The summed E-state index contributed by atoms with van der Waals surface area (Å²) >= 11 is 3.23. The van der Waals surface area contributed by atoms with Gasteiger partial charge >= 0.3 is 0 Å². The molecule has 0 fully saturated rings. The van der Waals surface area contributed by atoms with E-state index in [1.807, 2.05) is 0 Å². The van der Waals surface area contributed by atoms with Gasteiger partial charge in [0.2, 0.25) is 0 Å². The SMILES string of the molecule is CC(F)(c1ccc(Br)cn1)C(CN/C=N\N)c1ccc(F)cc1F. The maximum absolute atomic E-state index is 15.6. The molecule has 4 nitrogen and oxygen atoms in total. The van der Waals surface area contributed by atoms with E-state index in [0.29, 0.717) is 4.47 Å². The Morgan fingerprint density at radius 1 is 1.38 bits per heavy atom. The average Bonchev–Trinajstić information content (AvgIpc) is 2.53. The number of hydrogen-bond donors (Lipinski definition) is 2. The van der Waals surface area contributed by atoms with Gasteiger partial charge in [-0.2, -0.15) is 5.10 Å². The van der Waals surface area contributed by atoms with Crippen LogP contribution in [0.2, 0.25) is 0 Å². The van der Waals surface area contributed by atoms with Crippen molar-refractivity contribution in [3.05, 3.63) is 63.9 Å². The molecule has 2 aromatic rings. The minimum atomic E-state index is -2.02. The van der Waals surface area contributed by atoms with E-state index in [9.17, 15) is 8.78 Å². The third kappa shape index (κ3) is 4.05. The van der Waals surface area contributed by atoms with Crippen LogP contribution in [0.5, 0.6) is 0 Å². The van der Waals surface area contributed by atoms with Crippen LogP contribution in [0.15, 0.2) is 46.1 Å². The van der Waals surface area contributed by atoms with Crippen molar-refractivity contribution < 1.29 is 13.2 Å². The van der Waals surface area contributed by atoms with Crippen molar-refractivity contribution in [3.8, 4) is 0 Å². The Labute approximate surface area is 146 Å². The predicted octanol–water partition coefficient (Wildman–Crippen LogP) is 3.58. The number of aromatic nitrogens is 1. The van der Waals surface area contributed by atoms with E-state index in [2.05, 4.69) is 31.3 Å². The van der Waals surface area contributed by atoms with E-state index < -0.39 is 23.2 Å². The molecule has 2 unspecified atom stereocenters. The van der Waals surface area contributed by atoms with E-state index >= 15 is 4.39 Å². The molecule has 0 bridgehead atoms. The number of halogens is 4. The molecule has 0 spiro atoms. The minimum Gasteiger partial charge on any atom is -0.374 e. The van der Waals surface area contributed by atoms with Gasteiger partial charge < -0.3 is 11.2 Å². The molecule has 8 heteroatoms. The molecule has 0 saturated heterocycles. The normalized spacial score (nSPS) is 15.2. The highest BCUT2D eigenvalue weighted by Gasteiger charge is 2.39. The molecule has 2 atom stereocenters. The summed E-state index contributed by atoms with van der Waals surface area (Å²) in [6, 6.07) is 6.20. The quantitative estimate of drug-likeness (QED) is 0.337. The molecule has 1 aromatic heterocycles. The van der Waals surface area contributed by atoms with Crippen LogP contribution in [0.25, 0.3) is 0 Å². The zero-order valence-electron chi connectivity index (χ0n) is 12.8. The molecule has 1 aromatic carbocycles. The first-order valence-corrected chi connectivity index (χ1v) is 7.86. The lowest BCUT2D eigenvalue weighted by molar-refractivity contribution is 0.139. The molecule has 0 amide bonds. The van der Waals surface area contributed by atoms with Crippen molar-refractivity contribution in [2.75, 3.05) is 6.54 Å². The van der Waals surface area contributed by atoms with Crippen molar-refractivity contribution in [2.24, 2.45) is 10.9 Å². The van der Waals surface area contributed by atoms with Crippen LogP contribution in [-0.2, 0) is 5.67 Å². The van der Waals surface area contributed by atoms with Gasteiger partial charge in [-0.3, -0.25) is 4.98 Å². The van der Waals surface area contributed by atoms with Gasteiger partial charge in [-0.15, -0.1) is 0 Å². The van der Waals surface area contributed by atoms with Crippen molar-refractivity contribution in [3.63, 3.8) is 0 Å². The van der Waals surface area contributed by atoms with Gasteiger partial charge in [0, 0.05) is 29.2 Å². The van der Waals surface area contributed by atoms with E-state index in [4.69, 9.17) is 5.84 Å². The lowest BCUT2D eigenvalue weighted by Crippen LogP contribution is -2.35. The molecule has 0 aliphatic carbocycles. The third-order valence-corrected chi connectivity index (χ3v) is 4.18. The Morgan fingerprint density at radius 3 is 2.71 bits per heavy atom. The van der Waals surface area contributed by atoms with E-state index in [0.717, 1.165) is 12.1 Å². The third-order valence-electron chi connectivity index (χ3n) is 3.71. The second-order valence-electron chi connectivity index (χ2n) is 5.34. The molecule has 128 valence electrons. The Balaban J connectivity index is 2.45. The molecule has 0 saturated carbocycles. The summed E-state index contributed by atoms with van der Waals surface area (Å²) in [5.74, 6) is 2.48. The largest absolute Gasteiger partial charge is 0.374 e. The maximum atomic E-state index is 15.6. The first kappa shape index (κ1) is 18.3. The molecule has 1 heterocycles. The number of benzene rings is 1. The highest BCUT2D eigenvalue weighted by atomic mass is 79.9. The van der Waals surface area contributed by atoms with Gasteiger partial charge in [0.05, 0.1) is 5.69 Å². The number of pyridine rings is 1. The number of alkyl halides is 1. The van der Waals surface area contributed by atoms with Crippen LogP contribution in [-0.4, -0.2) is 17.9 Å². The Kier molecular flexibility index (Phi) is 5.82. The molecule has 0 aliphatic rings. The van der Waals surface area contributed by atoms with Gasteiger partial charge in [-0.05, 0) is 46.6 Å². The molecule has 3 N–H and O–H groups in total. The van der Waals surface area contributed by atoms with Gasteiger partial charge in [0.25, 0.3) is 0 Å². The van der Waals surface area contributed by atoms with Crippen molar-refractivity contribution >= 4 is 22.3 Å². The van der Waals surface area contributed by atoms with E-state index in [1.54, 1.807) is 6.07 Å². The minimum absolute atomic E-state index is 0.00596. The molecular weight excluding hydrogens is 385 g/mol. The van der Waals surface area contributed by atoms with E-state index in [1.165, 1.54) is 31.6 Å². The fourth-order valence-corrected chi connectivity index (χ4v) is 2.68. The topological polar surface area (TPSA) is 63.3 Å². The number of rotatable bonds is 6. The summed E-state index contributed by atoms with van der Waals surface area (Å²) in [5, 5.41) is 5.98. The van der Waals surface area contributed by atoms with Crippen LogP contribution in [0.3, 0.4) is 0 Å². The first-order chi connectivity index (χ1) is 11.4. The highest BCUT2D eigenvalue weighted by molar-refractivity contribution is 9.10.